The van der Waals surface area contributed by atoms with Gasteiger partial charge in [-0.25, -0.2) is 0 Å². The van der Waals surface area contributed by atoms with Crippen LogP contribution in [0.3, 0.4) is 0 Å². The van der Waals surface area contributed by atoms with E-state index in [-0.39, 0.29) is 0 Å². The SMILES string of the molecule is ClCc1coc(N(Cc2ccccc2)Cc2ccccc2)n1. The fourth-order valence-corrected chi connectivity index (χ4v) is 2.42. The molecule has 0 bridgehead atoms. The molecule has 0 spiro atoms. The average molecular weight is 313 g/mol. The van der Waals surface area contributed by atoms with Crippen LogP contribution in [0.5, 0.6) is 0 Å². The van der Waals surface area contributed by atoms with Gasteiger partial charge in [-0.2, -0.15) is 4.98 Å². The number of halogens is 1. The van der Waals surface area contributed by atoms with E-state index in [2.05, 4.69) is 34.1 Å². The third-order valence-corrected chi connectivity index (χ3v) is 3.65. The average Bonchev–Trinajstić information content (AvgIpc) is 3.05. The van der Waals surface area contributed by atoms with E-state index >= 15 is 0 Å². The van der Waals surface area contributed by atoms with E-state index in [1.807, 2.05) is 36.4 Å². The Kier molecular flexibility index (Phi) is 4.76. The van der Waals surface area contributed by atoms with Gasteiger partial charge in [0.2, 0.25) is 0 Å². The molecule has 4 heteroatoms. The highest BCUT2D eigenvalue weighted by molar-refractivity contribution is 6.16. The summed E-state index contributed by atoms with van der Waals surface area (Å²) in [6, 6.07) is 21.2. The molecule has 0 aliphatic heterocycles. The zero-order valence-corrected chi connectivity index (χ0v) is 12.9. The van der Waals surface area contributed by atoms with Crippen LogP contribution in [-0.2, 0) is 19.0 Å². The van der Waals surface area contributed by atoms with E-state index in [1.54, 1.807) is 6.26 Å². The van der Waals surface area contributed by atoms with Gasteiger partial charge in [-0.3, -0.25) is 0 Å². The van der Waals surface area contributed by atoms with Gasteiger partial charge in [-0.15, -0.1) is 11.6 Å². The molecule has 0 saturated heterocycles. The van der Waals surface area contributed by atoms with Crippen molar-refractivity contribution in [3.05, 3.63) is 83.7 Å². The summed E-state index contributed by atoms with van der Waals surface area (Å²) in [4.78, 5) is 6.56. The van der Waals surface area contributed by atoms with E-state index in [4.69, 9.17) is 16.0 Å². The highest BCUT2D eigenvalue weighted by Gasteiger charge is 2.14. The molecule has 0 unspecified atom stereocenters. The number of benzene rings is 2. The molecule has 0 N–H and O–H groups in total. The van der Waals surface area contributed by atoms with Gasteiger partial charge in [-0.05, 0) is 11.1 Å². The Bertz CT molecular complexity index is 656. The maximum atomic E-state index is 5.82. The highest BCUT2D eigenvalue weighted by atomic mass is 35.5. The second-order valence-corrected chi connectivity index (χ2v) is 5.35. The normalized spacial score (nSPS) is 10.6. The molecule has 0 saturated carbocycles. The summed E-state index contributed by atoms with van der Waals surface area (Å²) in [5.41, 5.74) is 3.18. The van der Waals surface area contributed by atoms with E-state index < -0.39 is 0 Å². The fourth-order valence-electron chi connectivity index (χ4n) is 2.30. The maximum absolute atomic E-state index is 5.82. The summed E-state index contributed by atoms with van der Waals surface area (Å²) in [6.45, 7) is 1.47. The van der Waals surface area contributed by atoms with Crippen LogP contribution in [0.2, 0.25) is 0 Å². The van der Waals surface area contributed by atoms with Crippen molar-refractivity contribution < 1.29 is 4.42 Å². The minimum atomic E-state index is 0.355. The van der Waals surface area contributed by atoms with Crippen molar-refractivity contribution in [3.63, 3.8) is 0 Å². The summed E-state index contributed by atoms with van der Waals surface area (Å²) in [6.07, 6.45) is 1.62. The highest BCUT2D eigenvalue weighted by Crippen LogP contribution is 2.20. The number of rotatable bonds is 6. The second kappa shape index (κ2) is 7.14. The number of hydrogen-bond acceptors (Lipinski definition) is 3. The molecule has 3 rings (SSSR count). The Morgan fingerprint density at radius 1 is 0.864 bits per heavy atom. The van der Waals surface area contributed by atoms with Gasteiger partial charge in [-0.1, -0.05) is 60.7 Å². The van der Waals surface area contributed by atoms with E-state index in [9.17, 15) is 0 Å². The molecule has 0 aliphatic carbocycles. The summed E-state index contributed by atoms with van der Waals surface area (Å²) in [5, 5.41) is 0. The molecule has 0 radical (unpaired) electrons. The monoisotopic (exact) mass is 312 g/mol. The van der Waals surface area contributed by atoms with Gasteiger partial charge in [0.05, 0.1) is 11.6 Å². The van der Waals surface area contributed by atoms with E-state index in [1.165, 1.54) is 11.1 Å². The lowest BCUT2D eigenvalue weighted by molar-refractivity contribution is 0.529. The van der Waals surface area contributed by atoms with Crippen LogP contribution in [0.15, 0.2) is 71.3 Å². The molecule has 0 fully saturated rings. The Labute approximate surface area is 135 Å². The number of anilines is 1. The second-order valence-electron chi connectivity index (χ2n) is 5.08. The van der Waals surface area contributed by atoms with Crippen LogP contribution < -0.4 is 4.90 Å². The molecule has 1 aromatic heterocycles. The third kappa shape index (κ3) is 3.68. The van der Waals surface area contributed by atoms with Gasteiger partial charge < -0.3 is 9.32 Å². The van der Waals surface area contributed by atoms with E-state index in [0.717, 1.165) is 18.8 Å². The predicted molar refractivity (Wildman–Crippen MR) is 88.8 cm³/mol. The first-order valence-electron chi connectivity index (χ1n) is 7.18. The lowest BCUT2D eigenvalue weighted by Crippen LogP contribution is -2.22. The van der Waals surface area contributed by atoms with Crippen molar-refractivity contribution in [2.24, 2.45) is 0 Å². The van der Waals surface area contributed by atoms with Crippen molar-refractivity contribution in [3.8, 4) is 0 Å². The topological polar surface area (TPSA) is 29.3 Å². The van der Waals surface area contributed by atoms with Crippen molar-refractivity contribution in [2.45, 2.75) is 19.0 Å². The lowest BCUT2D eigenvalue weighted by Gasteiger charge is -2.21. The summed E-state index contributed by atoms with van der Waals surface area (Å²) in [5.74, 6) is 0.355. The molecular weight excluding hydrogens is 296 g/mol. The first kappa shape index (κ1) is 14.7. The Hall–Kier alpha value is -2.26. The molecule has 22 heavy (non-hydrogen) atoms. The molecule has 1 heterocycles. The smallest absolute Gasteiger partial charge is 0.298 e. The van der Waals surface area contributed by atoms with Crippen molar-refractivity contribution in [1.29, 1.82) is 0 Å². The van der Waals surface area contributed by atoms with Crippen LogP contribution in [0.4, 0.5) is 6.01 Å². The maximum Gasteiger partial charge on any atom is 0.298 e. The van der Waals surface area contributed by atoms with Crippen molar-refractivity contribution >= 4 is 17.6 Å². The van der Waals surface area contributed by atoms with Crippen LogP contribution >= 0.6 is 11.6 Å². The number of hydrogen-bond donors (Lipinski definition) is 0. The Morgan fingerprint density at radius 2 is 1.41 bits per heavy atom. The first-order valence-corrected chi connectivity index (χ1v) is 7.72. The van der Waals surface area contributed by atoms with Gasteiger partial charge >= 0.3 is 0 Å². The van der Waals surface area contributed by atoms with Gasteiger partial charge in [0.15, 0.2) is 0 Å². The summed E-state index contributed by atoms with van der Waals surface area (Å²) >= 11 is 5.82. The van der Waals surface area contributed by atoms with Gasteiger partial charge in [0, 0.05) is 13.1 Å². The molecular formula is C18H17ClN2O. The molecule has 3 aromatic rings. The Balaban J connectivity index is 1.84. The largest absolute Gasteiger partial charge is 0.432 e. The molecule has 0 aliphatic rings. The third-order valence-electron chi connectivity index (χ3n) is 3.38. The fraction of sp³-hybridized carbons (Fsp3) is 0.167. The number of alkyl halides is 1. The summed E-state index contributed by atoms with van der Waals surface area (Å²) in [7, 11) is 0. The molecule has 3 nitrogen and oxygen atoms in total. The zero-order valence-electron chi connectivity index (χ0n) is 12.2. The predicted octanol–water partition coefficient (Wildman–Crippen LogP) is 4.62. The molecule has 112 valence electrons. The van der Waals surface area contributed by atoms with E-state index in [0.29, 0.717) is 11.9 Å². The number of aromatic nitrogens is 1. The van der Waals surface area contributed by atoms with Crippen LogP contribution in [-0.4, -0.2) is 4.98 Å². The van der Waals surface area contributed by atoms with Gasteiger partial charge in [0.1, 0.15) is 6.26 Å². The van der Waals surface area contributed by atoms with Gasteiger partial charge in [0.25, 0.3) is 6.01 Å². The quantitative estimate of drug-likeness (QED) is 0.622. The van der Waals surface area contributed by atoms with Crippen molar-refractivity contribution in [2.75, 3.05) is 4.90 Å². The van der Waals surface area contributed by atoms with Crippen LogP contribution in [0, 0.1) is 0 Å². The van der Waals surface area contributed by atoms with Crippen LogP contribution in [0.25, 0.3) is 0 Å². The summed E-state index contributed by atoms with van der Waals surface area (Å²) < 4.78 is 5.59. The molecule has 0 atom stereocenters. The van der Waals surface area contributed by atoms with Crippen molar-refractivity contribution in [1.82, 2.24) is 4.98 Å². The molecule has 2 aromatic carbocycles. The standard InChI is InChI=1S/C18H17ClN2O/c19-11-17-14-22-18(20-17)21(12-15-7-3-1-4-8-15)13-16-9-5-2-6-10-16/h1-10,14H,11-13H2. The Morgan fingerprint density at radius 3 is 1.86 bits per heavy atom. The molecule has 0 amide bonds. The van der Waals surface area contributed by atoms with Crippen LogP contribution in [0.1, 0.15) is 16.8 Å². The number of nitrogens with zero attached hydrogens (tertiary/aromatic N) is 2. The first-order chi connectivity index (χ1) is 10.8. The lowest BCUT2D eigenvalue weighted by atomic mass is 10.2. The minimum absolute atomic E-state index is 0.355. The zero-order chi connectivity index (χ0) is 15.2. The number of oxazole rings is 1. The minimum Gasteiger partial charge on any atom is -0.432 e.